The predicted octanol–water partition coefficient (Wildman–Crippen LogP) is 11.3. The average Bonchev–Trinajstić information content (AvgIpc) is 3.04. The van der Waals surface area contributed by atoms with Crippen LogP contribution in [0.15, 0.2) is 0 Å². The van der Waals surface area contributed by atoms with Gasteiger partial charge in [-0.25, -0.2) is 0 Å². The Kier molecular flexibility index (Phi) is 28.4. The van der Waals surface area contributed by atoms with Gasteiger partial charge in [0, 0.05) is 12.8 Å². The molecule has 1 rings (SSSR count). The van der Waals surface area contributed by atoms with Crippen molar-refractivity contribution < 1.29 is 19.1 Å². The molecule has 0 aromatic rings. The summed E-state index contributed by atoms with van der Waals surface area (Å²) < 4.78 is 11.7. The Labute approximate surface area is 274 Å². The lowest BCUT2D eigenvalue weighted by molar-refractivity contribution is -0.150. The van der Waals surface area contributed by atoms with Crippen LogP contribution in [0, 0.1) is 11.8 Å². The molecule has 5 nitrogen and oxygen atoms in total. The highest BCUT2D eigenvalue weighted by Gasteiger charge is 2.18. The maximum atomic E-state index is 12.7. The molecule has 2 atom stereocenters. The van der Waals surface area contributed by atoms with E-state index in [-0.39, 0.29) is 18.0 Å². The molecule has 0 radical (unpaired) electrons. The van der Waals surface area contributed by atoms with Crippen molar-refractivity contribution in [3.63, 3.8) is 0 Å². The van der Waals surface area contributed by atoms with Gasteiger partial charge < -0.3 is 14.8 Å². The summed E-state index contributed by atoms with van der Waals surface area (Å²) in [7, 11) is 0. The topological polar surface area (TPSA) is 64.6 Å². The third-order valence-electron chi connectivity index (χ3n) is 9.71. The van der Waals surface area contributed by atoms with Gasteiger partial charge in [0.05, 0.1) is 6.61 Å². The highest BCUT2D eigenvalue weighted by molar-refractivity contribution is 5.69. The molecular formula is C39H75NO4. The van der Waals surface area contributed by atoms with E-state index in [1.807, 2.05) is 0 Å². The number of hydrogen-bond donors (Lipinski definition) is 1. The predicted molar refractivity (Wildman–Crippen MR) is 187 cm³/mol. The number of nitrogens with one attached hydrogen (secondary N) is 1. The Balaban J connectivity index is 2.21. The fourth-order valence-electron chi connectivity index (χ4n) is 6.62. The van der Waals surface area contributed by atoms with Crippen molar-refractivity contribution in [1.29, 1.82) is 0 Å². The van der Waals surface area contributed by atoms with E-state index >= 15 is 0 Å². The Morgan fingerprint density at radius 1 is 0.591 bits per heavy atom. The highest BCUT2D eigenvalue weighted by atomic mass is 16.5. The van der Waals surface area contributed by atoms with Crippen molar-refractivity contribution >= 4 is 11.9 Å². The summed E-state index contributed by atoms with van der Waals surface area (Å²) in [5.41, 5.74) is 0. The minimum absolute atomic E-state index is 0.00442. The lowest BCUT2D eigenvalue weighted by atomic mass is 9.93. The number of hydrogen-bond acceptors (Lipinski definition) is 5. The van der Waals surface area contributed by atoms with E-state index in [1.54, 1.807) is 0 Å². The van der Waals surface area contributed by atoms with Gasteiger partial charge >= 0.3 is 11.9 Å². The zero-order valence-corrected chi connectivity index (χ0v) is 29.8. The number of piperidine rings is 1. The second-order valence-electron chi connectivity index (χ2n) is 14.0. The number of unbranched alkanes of at least 4 members (excludes halogenated alkanes) is 15. The van der Waals surface area contributed by atoms with Gasteiger partial charge in [0.25, 0.3) is 0 Å². The van der Waals surface area contributed by atoms with Crippen molar-refractivity contribution in [3.05, 3.63) is 0 Å². The molecule has 1 aliphatic rings. The lowest BCUT2D eigenvalue weighted by Crippen LogP contribution is -2.28. The van der Waals surface area contributed by atoms with Gasteiger partial charge in [0.1, 0.15) is 6.10 Å². The number of rotatable bonds is 31. The van der Waals surface area contributed by atoms with Crippen LogP contribution in [0.5, 0.6) is 0 Å². The third kappa shape index (κ3) is 25.1. The quantitative estimate of drug-likeness (QED) is 0.0616. The SMILES string of the molecule is CCCCCCCCCC(CCCCCCCCC(=O)OCC(CCCC)CCCCCC)OC(=O)CCC1CCNCC1. The van der Waals surface area contributed by atoms with E-state index in [0.29, 0.717) is 31.3 Å². The first kappa shape index (κ1) is 40.9. The normalized spacial score (nSPS) is 15.2. The van der Waals surface area contributed by atoms with Gasteiger partial charge in [0.2, 0.25) is 0 Å². The lowest BCUT2D eigenvalue weighted by Gasteiger charge is -2.23. The minimum atomic E-state index is -0.00442. The molecule has 1 saturated heterocycles. The van der Waals surface area contributed by atoms with E-state index in [9.17, 15) is 9.59 Å². The van der Waals surface area contributed by atoms with Gasteiger partial charge in [-0.2, -0.15) is 0 Å². The summed E-state index contributed by atoms with van der Waals surface area (Å²) >= 11 is 0. The summed E-state index contributed by atoms with van der Waals surface area (Å²) in [5, 5.41) is 3.41. The standard InChI is InChI=1S/C39H75NO4/c1-4-7-10-12-13-16-20-25-37(44-39(42)29-28-35-30-32-40-33-31-35)26-21-17-14-15-18-22-27-38(41)43-34-36(23-9-6-3)24-19-11-8-5-2/h35-37,40H,4-34H2,1-3H3. The Morgan fingerprint density at radius 3 is 1.70 bits per heavy atom. The zero-order chi connectivity index (χ0) is 31.9. The number of carbonyl (C=O) groups excluding carboxylic acids is 2. The molecule has 0 aromatic carbocycles. The van der Waals surface area contributed by atoms with Crippen LogP contribution in [0.3, 0.4) is 0 Å². The van der Waals surface area contributed by atoms with Crippen LogP contribution in [0.1, 0.15) is 201 Å². The Bertz CT molecular complexity index is 648. The van der Waals surface area contributed by atoms with Crippen molar-refractivity contribution in [2.24, 2.45) is 11.8 Å². The molecule has 0 bridgehead atoms. The molecule has 260 valence electrons. The van der Waals surface area contributed by atoms with E-state index in [2.05, 4.69) is 26.1 Å². The molecule has 0 spiro atoms. The maximum absolute atomic E-state index is 12.7. The van der Waals surface area contributed by atoms with Crippen LogP contribution in [0.2, 0.25) is 0 Å². The molecule has 1 aliphatic heterocycles. The average molecular weight is 622 g/mol. The van der Waals surface area contributed by atoms with Crippen LogP contribution >= 0.6 is 0 Å². The minimum Gasteiger partial charge on any atom is -0.465 e. The van der Waals surface area contributed by atoms with E-state index in [0.717, 1.165) is 51.6 Å². The van der Waals surface area contributed by atoms with Gasteiger partial charge in [-0.05, 0) is 89.1 Å². The molecule has 44 heavy (non-hydrogen) atoms. The van der Waals surface area contributed by atoms with Crippen LogP contribution in [0.4, 0.5) is 0 Å². The molecule has 1 fully saturated rings. The second kappa shape index (κ2) is 30.5. The smallest absolute Gasteiger partial charge is 0.306 e. The Morgan fingerprint density at radius 2 is 1.09 bits per heavy atom. The zero-order valence-electron chi connectivity index (χ0n) is 29.8. The summed E-state index contributed by atoms with van der Waals surface area (Å²) in [4.78, 5) is 25.0. The monoisotopic (exact) mass is 622 g/mol. The molecule has 5 heteroatoms. The molecular weight excluding hydrogens is 546 g/mol. The summed E-state index contributed by atoms with van der Waals surface area (Å²) in [6, 6.07) is 0. The van der Waals surface area contributed by atoms with E-state index < -0.39 is 0 Å². The van der Waals surface area contributed by atoms with Gasteiger partial charge in [0.15, 0.2) is 0 Å². The first-order valence-corrected chi connectivity index (χ1v) is 19.6. The third-order valence-corrected chi connectivity index (χ3v) is 9.71. The fourth-order valence-corrected chi connectivity index (χ4v) is 6.62. The molecule has 1 heterocycles. The Hall–Kier alpha value is -1.10. The van der Waals surface area contributed by atoms with Gasteiger partial charge in [-0.3, -0.25) is 9.59 Å². The highest BCUT2D eigenvalue weighted by Crippen LogP contribution is 2.22. The summed E-state index contributed by atoms with van der Waals surface area (Å²) in [5.74, 6) is 1.24. The molecule has 0 aliphatic carbocycles. The molecule has 0 saturated carbocycles. The van der Waals surface area contributed by atoms with Crippen LogP contribution in [0.25, 0.3) is 0 Å². The van der Waals surface area contributed by atoms with Gasteiger partial charge in [-0.1, -0.05) is 124 Å². The largest absolute Gasteiger partial charge is 0.465 e. The molecule has 0 amide bonds. The van der Waals surface area contributed by atoms with E-state index in [1.165, 1.54) is 128 Å². The fraction of sp³-hybridized carbons (Fsp3) is 0.949. The van der Waals surface area contributed by atoms with E-state index in [4.69, 9.17) is 9.47 Å². The van der Waals surface area contributed by atoms with Crippen molar-refractivity contribution in [3.8, 4) is 0 Å². The van der Waals surface area contributed by atoms with Gasteiger partial charge in [-0.15, -0.1) is 0 Å². The van der Waals surface area contributed by atoms with Crippen LogP contribution < -0.4 is 5.32 Å². The summed E-state index contributed by atoms with van der Waals surface area (Å²) in [6.45, 7) is 9.55. The maximum Gasteiger partial charge on any atom is 0.306 e. The number of ether oxygens (including phenoxy) is 2. The van der Waals surface area contributed by atoms with Crippen molar-refractivity contribution in [2.75, 3.05) is 19.7 Å². The van der Waals surface area contributed by atoms with Crippen LogP contribution in [-0.4, -0.2) is 37.7 Å². The molecule has 1 N–H and O–H groups in total. The van der Waals surface area contributed by atoms with Crippen molar-refractivity contribution in [2.45, 2.75) is 207 Å². The first-order valence-electron chi connectivity index (χ1n) is 19.6. The molecule has 0 aromatic heterocycles. The molecule has 2 unspecified atom stereocenters. The van der Waals surface area contributed by atoms with Crippen LogP contribution in [-0.2, 0) is 19.1 Å². The van der Waals surface area contributed by atoms with Crippen molar-refractivity contribution in [1.82, 2.24) is 5.32 Å². The summed E-state index contributed by atoms with van der Waals surface area (Å²) in [6.07, 6.45) is 32.4. The first-order chi connectivity index (χ1) is 21.6. The number of esters is 2. The number of carbonyl (C=O) groups is 2. The second-order valence-corrected chi connectivity index (χ2v) is 14.0.